The molecule has 7 heteroatoms. The molecule has 2 aromatic heterocycles. The summed E-state index contributed by atoms with van der Waals surface area (Å²) in [5, 5.41) is 4.12. The zero-order valence-corrected chi connectivity index (χ0v) is 16.4. The van der Waals surface area contributed by atoms with Gasteiger partial charge >= 0.3 is 5.97 Å². The first-order valence-electron chi connectivity index (χ1n) is 9.58. The van der Waals surface area contributed by atoms with Crippen molar-refractivity contribution in [3.8, 4) is 0 Å². The zero-order valence-electron chi connectivity index (χ0n) is 16.4. The van der Waals surface area contributed by atoms with E-state index in [1.54, 1.807) is 30.5 Å². The van der Waals surface area contributed by atoms with Crippen molar-refractivity contribution in [2.45, 2.75) is 19.8 Å². The second-order valence-corrected chi connectivity index (χ2v) is 7.06. The molecule has 7 nitrogen and oxygen atoms in total. The molecule has 0 unspecified atom stereocenters. The van der Waals surface area contributed by atoms with Gasteiger partial charge in [0.25, 0.3) is 5.91 Å². The largest absolute Gasteiger partial charge is 0.465 e. The van der Waals surface area contributed by atoms with E-state index in [0.717, 1.165) is 42.7 Å². The predicted molar refractivity (Wildman–Crippen MR) is 110 cm³/mol. The Labute approximate surface area is 168 Å². The molecule has 0 spiro atoms. The number of pyridine rings is 2. The van der Waals surface area contributed by atoms with Crippen LogP contribution in [0.3, 0.4) is 0 Å². The number of hydrogen-bond acceptors (Lipinski definition) is 6. The highest BCUT2D eigenvalue weighted by Crippen LogP contribution is 2.30. The SMILES string of the molecule is COC(=O)c1ccc(Nc2c(C(=O)N3CCCC3)cnc3nc(C)ccc23)cc1. The Morgan fingerprint density at radius 2 is 1.79 bits per heavy atom. The summed E-state index contributed by atoms with van der Waals surface area (Å²) in [6, 6.07) is 10.8. The number of nitrogens with zero attached hydrogens (tertiary/aromatic N) is 3. The number of aromatic nitrogens is 2. The van der Waals surface area contributed by atoms with Crippen LogP contribution in [0.1, 0.15) is 39.3 Å². The molecule has 3 heterocycles. The molecule has 1 fully saturated rings. The fourth-order valence-electron chi connectivity index (χ4n) is 3.51. The number of nitrogens with one attached hydrogen (secondary N) is 1. The molecule has 1 aliphatic heterocycles. The fourth-order valence-corrected chi connectivity index (χ4v) is 3.51. The van der Waals surface area contributed by atoms with Crippen molar-refractivity contribution in [1.29, 1.82) is 0 Å². The first kappa shape index (κ1) is 18.9. The lowest BCUT2D eigenvalue weighted by atomic mass is 10.1. The first-order chi connectivity index (χ1) is 14.1. The second-order valence-electron chi connectivity index (χ2n) is 7.06. The molecule has 1 N–H and O–H groups in total. The van der Waals surface area contributed by atoms with Crippen LogP contribution in [-0.2, 0) is 4.74 Å². The molecule has 0 aliphatic carbocycles. The Morgan fingerprint density at radius 3 is 2.48 bits per heavy atom. The molecular formula is C22H22N4O3. The highest BCUT2D eigenvalue weighted by molar-refractivity contribution is 6.07. The Morgan fingerprint density at radius 1 is 1.07 bits per heavy atom. The first-order valence-corrected chi connectivity index (χ1v) is 9.58. The minimum Gasteiger partial charge on any atom is -0.465 e. The maximum Gasteiger partial charge on any atom is 0.337 e. The molecule has 0 atom stereocenters. The van der Waals surface area contributed by atoms with E-state index in [0.29, 0.717) is 22.5 Å². The number of ether oxygens (including phenoxy) is 1. The number of aryl methyl sites for hydroxylation is 1. The van der Waals surface area contributed by atoms with E-state index < -0.39 is 5.97 Å². The molecule has 0 bridgehead atoms. The van der Waals surface area contributed by atoms with Crippen LogP contribution in [0.2, 0.25) is 0 Å². The minimum absolute atomic E-state index is 0.0360. The van der Waals surface area contributed by atoms with Gasteiger partial charge in [-0.1, -0.05) is 0 Å². The van der Waals surface area contributed by atoms with Gasteiger partial charge in [-0.2, -0.15) is 0 Å². The lowest BCUT2D eigenvalue weighted by Crippen LogP contribution is -2.28. The molecule has 1 amide bonds. The van der Waals surface area contributed by atoms with E-state index in [9.17, 15) is 9.59 Å². The number of fused-ring (bicyclic) bond motifs is 1. The summed E-state index contributed by atoms with van der Waals surface area (Å²) in [6.07, 6.45) is 3.64. The van der Waals surface area contributed by atoms with E-state index in [1.807, 2.05) is 24.0 Å². The van der Waals surface area contributed by atoms with Crippen molar-refractivity contribution in [2.24, 2.45) is 0 Å². The summed E-state index contributed by atoms with van der Waals surface area (Å²) in [5.74, 6) is -0.429. The van der Waals surface area contributed by atoms with Crippen LogP contribution in [-0.4, -0.2) is 46.9 Å². The van der Waals surface area contributed by atoms with E-state index in [2.05, 4.69) is 15.3 Å². The minimum atomic E-state index is -0.393. The van der Waals surface area contributed by atoms with Crippen molar-refractivity contribution in [3.05, 3.63) is 59.4 Å². The molecule has 1 saturated heterocycles. The number of amides is 1. The summed E-state index contributed by atoms with van der Waals surface area (Å²) in [4.78, 5) is 35.6. The summed E-state index contributed by atoms with van der Waals surface area (Å²) >= 11 is 0. The van der Waals surface area contributed by atoms with E-state index >= 15 is 0 Å². The van der Waals surface area contributed by atoms with Crippen molar-refractivity contribution in [2.75, 3.05) is 25.5 Å². The number of anilines is 2. The second kappa shape index (κ2) is 7.87. The van der Waals surface area contributed by atoms with Gasteiger partial charge < -0.3 is 15.0 Å². The molecule has 0 radical (unpaired) electrons. The molecule has 0 saturated carbocycles. The quantitative estimate of drug-likeness (QED) is 0.684. The molecule has 1 aromatic carbocycles. The Hall–Kier alpha value is -3.48. The van der Waals surface area contributed by atoms with E-state index in [4.69, 9.17) is 4.74 Å². The summed E-state index contributed by atoms with van der Waals surface area (Å²) < 4.78 is 4.74. The molecular weight excluding hydrogens is 368 g/mol. The van der Waals surface area contributed by atoms with Crippen LogP contribution >= 0.6 is 0 Å². The average Bonchev–Trinajstić information content (AvgIpc) is 3.28. The highest BCUT2D eigenvalue weighted by atomic mass is 16.5. The number of methoxy groups -OCH3 is 1. The van der Waals surface area contributed by atoms with Gasteiger partial charge in [0.15, 0.2) is 5.65 Å². The van der Waals surface area contributed by atoms with Gasteiger partial charge in [0.2, 0.25) is 0 Å². The number of likely N-dealkylation sites (tertiary alicyclic amines) is 1. The Kier molecular flexibility index (Phi) is 5.12. The van der Waals surface area contributed by atoms with Crippen LogP contribution in [0.4, 0.5) is 11.4 Å². The monoisotopic (exact) mass is 390 g/mol. The summed E-state index contributed by atoms with van der Waals surface area (Å²) in [7, 11) is 1.35. The number of carbonyl (C=O) groups excluding carboxylic acids is 2. The van der Waals surface area contributed by atoms with Crippen molar-refractivity contribution in [1.82, 2.24) is 14.9 Å². The number of carbonyl (C=O) groups is 2. The Bertz CT molecular complexity index is 1070. The number of hydrogen-bond donors (Lipinski definition) is 1. The zero-order chi connectivity index (χ0) is 20.4. The summed E-state index contributed by atoms with van der Waals surface area (Å²) in [6.45, 7) is 3.43. The number of rotatable bonds is 4. The molecule has 4 rings (SSSR count). The fraction of sp³-hybridized carbons (Fsp3) is 0.273. The van der Waals surface area contributed by atoms with Crippen LogP contribution < -0.4 is 5.32 Å². The van der Waals surface area contributed by atoms with Crippen molar-refractivity contribution < 1.29 is 14.3 Å². The smallest absolute Gasteiger partial charge is 0.337 e. The number of benzene rings is 1. The third-order valence-corrected chi connectivity index (χ3v) is 5.07. The molecule has 3 aromatic rings. The topological polar surface area (TPSA) is 84.4 Å². The van der Waals surface area contributed by atoms with Crippen LogP contribution in [0.15, 0.2) is 42.6 Å². The average molecular weight is 390 g/mol. The van der Waals surface area contributed by atoms with Gasteiger partial charge in [0, 0.05) is 36.1 Å². The Balaban J connectivity index is 1.76. The van der Waals surface area contributed by atoms with Gasteiger partial charge in [0.1, 0.15) is 0 Å². The predicted octanol–water partition coefficient (Wildman–Crippen LogP) is 3.70. The third kappa shape index (κ3) is 3.76. The molecule has 29 heavy (non-hydrogen) atoms. The third-order valence-electron chi connectivity index (χ3n) is 5.07. The van der Waals surface area contributed by atoms with Gasteiger partial charge in [0.05, 0.1) is 23.9 Å². The van der Waals surface area contributed by atoms with Crippen molar-refractivity contribution in [3.63, 3.8) is 0 Å². The van der Waals surface area contributed by atoms with Gasteiger partial charge in [-0.3, -0.25) is 4.79 Å². The highest BCUT2D eigenvalue weighted by Gasteiger charge is 2.24. The van der Waals surface area contributed by atoms with Gasteiger partial charge in [-0.05, 0) is 56.2 Å². The lowest BCUT2D eigenvalue weighted by molar-refractivity contribution is 0.0600. The molecule has 1 aliphatic rings. The van der Waals surface area contributed by atoms with Crippen LogP contribution in [0.5, 0.6) is 0 Å². The maximum atomic E-state index is 13.1. The standard InChI is InChI=1S/C22H22N4O3/c1-14-5-10-17-19(25-16-8-6-15(7-9-16)22(28)29-2)18(13-23-20(17)24-14)21(27)26-11-3-4-12-26/h5-10,13H,3-4,11-12H2,1-2H3,(H,23,24,25). The lowest BCUT2D eigenvalue weighted by Gasteiger charge is -2.19. The van der Waals surface area contributed by atoms with E-state index in [-0.39, 0.29) is 5.91 Å². The van der Waals surface area contributed by atoms with Crippen molar-refractivity contribution >= 4 is 34.3 Å². The van der Waals surface area contributed by atoms with Crippen LogP contribution in [0, 0.1) is 6.92 Å². The van der Waals surface area contributed by atoms with Gasteiger partial charge in [-0.25, -0.2) is 14.8 Å². The summed E-state index contributed by atoms with van der Waals surface area (Å²) in [5.41, 5.74) is 3.84. The maximum absolute atomic E-state index is 13.1. The van der Waals surface area contributed by atoms with E-state index in [1.165, 1.54) is 7.11 Å². The van der Waals surface area contributed by atoms with Gasteiger partial charge in [-0.15, -0.1) is 0 Å². The number of esters is 1. The normalized spacial score (nSPS) is 13.5. The molecule has 148 valence electrons. The van der Waals surface area contributed by atoms with Crippen LogP contribution in [0.25, 0.3) is 11.0 Å².